The van der Waals surface area contributed by atoms with E-state index in [1.807, 2.05) is 26.8 Å². The maximum absolute atomic E-state index is 12.7. The molecular weight excluding hydrogens is 294 g/mol. The summed E-state index contributed by atoms with van der Waals surface area (Å²) < 4.78 is 11.4. The molecule has 0 bridgehead atoms. The lowest BCUT2D eigenvalue weighted by Gasteiger charge is -2.47. The van der Waals surface area contributed by atoms with Crippen molar-refractivity contribution in [2.45, 2.75) is 70.1 Å². The average molecular weight is 319 g/mol. The van der Waals surface area contributed by atoms with Crippen molar-refractivity contribution in [1.29, 1.82) is 0 Å². The van der Waals surface area contributed by atoms with E-state index in [1.165, 1.54) is 6.08 Å². The number of esters is 1. The van der Waals surface area contributed by atoms with E-state index in [1.54, 1.807) is 4.90 Å². The molecular formula is C18H25NO4. The quantitative estimate of drug-likeness (QED) is 0.696. The van der Waals surface area contributed by atoms with Crippen LogP contribution in [0, 0.1) is 0 Å². The van der Waals surface area contributed by atoms with Gasteiger partial charge in [-0.15, -0.1) is 0 Å². The topological polar surface area (TPSA) is 55.8 Å². The van der Waals surface area contributed by atoms with Crippen LogP contribution in [0.25, 0.3) is 0 Å². The minimum Gasteiger partial charge on any atom is -0.449 e. The number of piperidine rings is 1. The van der Waals surface area contributed by atoms with Gasteiger partial charge in [0.25, 0.3) is 0 Å². The highest BCUT2D eigenvalue weighted by Gasteiger charge is 2.52. The third-order valence-corrected chi connectivity index (χ3v) is 4.72. The Morgan fingerprint density at radius 2 is 2.13 bits per heavy atom. The monoisotopic (exact) mass is 319 g/mol. The summed E-state index contributed by atoms with van der Waals surface area (Å²) in [7, 11) is 0. The van der Waals surface area contributed by atoms with E-state index in [2.05, 4.69) is 6.08 Å². The molecule has 2 heterocycles. The summed E-state index contributed by atoms with van der Waals surface area (Å²) in [4.78, 5) is 26.3. The zero-order valence-corrected chi connectivity index (χ0v) is 14.1. The standard InChI is InChI=1S/C18H25NO4/c1-17(2,3)23-16(21)19-12-5-4-8-14(19)18-11-6-7-13(18)9-10-15(20)22-18/h7,9-10,14H,4-6,8,11-12H2,1-3H3/t14-,18+/m1/s1. The summed E-state index contributed by atoms with van der Waals surface area (Å²) in [5, 5.41) is 0. The second-order valence-corrected chi connectivity index (χ2v) is 7.53. The normalized spacial score (nSPS) is 30.6. The van der Waals surface area contributed by atoms with E-state index < -0.39 is 11.2 Å². The SMILES string of the molecule is CC(C)(C)OC(=O)N1CCCC[C@@H]1[C@]12CCC=C1C=CC(=O)O2. The largest absolute Gasteiger partial charge is 0.449 e. The number of fused-ring (bicyclic) bond motifs is 1. The van der Waals surface area contributed by atoms with Crippen LogP contribution in [0.15, 0.2) is 23.8 Å². The Labute approximate surface area is 137 Å². The zero-order chi connectivity index (χ0) is 16.7. The van der Waals surface area contributed by atoms with Crippen LogP contribution in [-0.4, -0.2) is 40.8 Å². The van der Waals surface area contributed by atoms with Crippen molar-refractivity contribution in [2.24, 2.45) is 0 Å². The summed E-state index contributed by atoms with van der Waals surface area (Å²) in [5.74, 6) is -0.321. The minimum absolute atomic E-state index is 0.145. The van der Waals surface area contributed by atoms with Crippen LogP contribution in [0.5, 0.6) is 0 Å². The van der Waals surface area contributed by atoms with Crippen LogP contribution < -0.4 is 0 Å². The number of hydrogen-bond acceptors (Lipinski definition) is 4. The van der Waals surface area contributed by atoms with E-state index in [0.29, 0.717) is 6.54 Å². The van der Waals surface area contributed by atoms with Crippen molar-refractivity contribution in [3.63, 3.8) is 0 Å². The van der Waals surface area contributed by atoms with Gasteiger partial charge in [0, 0.05) is 12.6 Å². The molecule has 0 radical (unpaired) electrons. The van der Waals surface area contributed by atoms with Crippen LogP contribution in [0.3, 0.4) is 0 Å². The summed E-state index contributed by atoms with van der Waals surface area (Å²) in [5.41, 5.74) is -0.199. The fourth-order valence-corrected chi connectivity index (χ4v) is 3.83. The highest BCUT2D eigenvalue weighted by atomic mass is 16.6. The fourth-order valence-electron chi connectivity index (χ4n) is 3.83. The predicted molar refractivity (Wildman–Crippen MR) is 85.9 cm³/mol. The first-order valence-corrected chi connectivity index (χ1v) is 8.43. The van der Waals surface area contributed by atoms with Crippen molar-refractivity contribution < 1.29 is 19.1 Å². The van der Waals surface area contributed by atoms with Crippen LogP contribution in [0.1, 0.15) is 52.9 Å². The molecule has 0 N–H and O–H groups in total. The molecule has 2 aliphatic heterocycles. The van der Waals surface area contributed by atoms with Gasteiger partial charge in [-0.05, 0) is 64.5 Å². The summed E-state index contributed by atoms with van der Waals surface area (Å²) in [6.45, 7) is 6.25. The Bertz CT molecular complexity index is 572. The lowest BCUT2D eigenvalue weighted by atomic mass is 9.80. The van der Waals surface area contributed by atoms with Crippen LogP contribution in [0.4, 0.5) is 4.79 Å². The summed E-state index contributed by atoms with van der Waals surface area (Å²) in [6.07, 6.45) is 9.54. The van der Waals surface area contributed by atoms with Gasteiger partial charge in [0.15, 0.2) is 5.60 Å². The summed E-state index contributed by atoms with van der Waals surface area (Å²) in [6, 6.07) is -0.145. The lowest BCUT2D eigenvalue weighted by Crippen LogP contribution is -2.59. The van der Waals surface area contributed by atoms with Crippen molar-refractivity contribution >= 4 is 12.1 Å². The maximum atomic E-state index is 12.7. The molecule has 0 unspecified atom stereocenters. The van der Waals surface area contributed by atoms with E-state index in [-0.39, 0.29) is 18.1 Å². The first kappa shape index (κ1) is 16.1. The van der Waals surface area contributed by atoms with Crippen molar-refractivity contribution in [2.75, 3.05) is 6.54 Å². The van der Waals surface area contributed by atoms with Gasteiger partial charge in [-0.1, -0.05) is 6.08 Å². The Kier molecular flexibility index (Phi) is 3.98. The first-order chi connectivity index (χ1) is 10.8. The summed E-state index contributed by atoms with van der Waals surface area (Å²) >= 11 is 0. The van der Waals surface area contributed by atoms with Crippen molar-refractivity contribution in [3.05, 3.63) is 23.8 Å². The lowest BCUT2D eigenvalue weighted by molar-refractivity contribution is -0.158. The first-order valence-electron chi connectivity index (χ1n) is 8.43. The molecule has 1 amide bonds. The molecule has 2 atom stereocenters. The molecule has 3 aliphatic rings. The third kappa shape index (κ3) is 3.01. The second-order valence-electron chi connectivity index (χ2n) is 7.53. The number of nitrogens with zero attached hydrogens (tertiary/aromatic N) is 1. The number of allylic oxidation sites excluding steroid dienone is 1. The van der Waals surface area contributed by atoms with Gasteiger partial charge in [-0.25, -0.2) is 9.59 Å². The second kappa shape index (κ2) is 5.69. The zero-order valence-electron chi connectivity index (χ0n) is 14.1. The fraction of sp³-hybridized carbons (Fsp3) is 0.667. The molecule has 0 aromatic heterocycles. The third-order valence-electron chi connectivity index (χ3n) is 4.72. The van der Waals surface area contributed by atoms with E-state index in [4.69, 9.17) is 9.47 Å². The number of rotatable bonds is 1. The molecule has 0 aromatic carbocycles. The van der Waals surface area contributed by atoms with Gasteiger partial charge in [0.1, 0.15) is 5.60 Å². The number of ether oxygens (including phenoxy) is 2. The maximum Gasteiger partial charge on any atom is 0.410 e. The molecule has 1 aliphatic carbocycles. The Morgan fingerprint density at radius 1 is 1.35 bits per heavy atom. The smallest absolute Gasteiger partial charge is 0.410 e. The van der Waals surface area contributed by atoms with Gasteiger partial charge in [0.05, 0.1) is 6.04 Å². The van der Waals surface area contributed by atoms with Crippen molar-refractivity contribution in [3.8, 4) is 0 Å². The number of likely N-dealkylation sites (tertiary alicyclic amines) is 1. The Hall–Kier alpha value is -1.78. The molecule has 126 valence electrons. The van der Waals surface area contributed by atoms with Gasteiger partial charge in [0.2, 0.25) is 0 Å². The van der Waals surface area contributed by atoms with Crippen LogP contribution in [-0.2, 0) is 14.3 Å². The highest BCUT2D eigenvalue weighted by Crippen LogP contribution is 2.45. The van der Waals surface area contributed by atoms with E-state index in [0.717, 1.165) is 37.7 Å². The molecule has 1 saturated heterocycles. The number of hydrogen-bond donors (Lipinski definition) is 0. The molecule has 5 heteroatoms. The van der Waals surface area contributed by atoms with Gasteiger partial charge in [-0.3, -0.25) is 0 Å². The number of carbonyl (C=O) groups is 2. The number of amides is 1. The highest BCUT2D eigenvalue weighted by molar-refractivity contribution is 5.85. The van der Waals surface area contributed by atoms with Gasteiger partial charge in [-0.2, -0.15) is 0 Å². The minimum atomic E-state index is -0.691. The Morgan fingerprint density at radius 3 is 2.87 bits per heavy atom. The molecule has 3 rings (SSSR count). The van der Waals surface area contributed by atoms with E-state index >= 15 is 0 Å². The van der Waals surface area contributed by atoms with Gasteiger partial charge >= 0.3 is 12.1 Å². The van der Waals surface area contributed by atoms with Crippen LogP contribution >= 0.6 is 0 Å². The average Bonchev–Trinajstić information content (AvgIpc) is 2.89. The molecule has 5 nitrogen and oxygen atoms in total. The van der Waals surface area contributed by atoms with Crippen LogP contribution in [0.2, 0.25) is 0 Å². The predicted octanol–water partition coefficient (Wildman–Crippen LogP) is 3.35. The molecule has 0 saturated carbocycles. The molecule has 1 fully saturated rings. The van der Waals surface area contributed by atoms with E-state index in [9.17, 15) is 9.59 Å². The molecule has 0 spiro atoms. The number of carbonyl (C=O) groups excluding carboxylic acids is 2. The Balaban J connectivity index is 1.89. The molecule has 0 aromatic rings. The van der Waals surface area contributed by atoms with Gasteiger partial charge < -0.3 is 14.4 Å². The van der Waals surface area contributed by atoms with Crippen molar-refractivity contribution in [1.82, 2.24) is 4.90 Å². The molecule has 23 heavy (non-hydrogen) atoms.